The molecule has 2 rings (SSSR count). The van der Waals surface area contributed by atoms with Crippen LogP contribution >= 0.6 is 0 Å². The molecule has 1 aromatic rings. The number of benzene rings is 1. The Morgan fingerprint density at radius 2 is 2.15 bits per heavy atom. The van der Waals surface area contributed by atoms with Crippen LogP contribution in [0.4, 0.5) is 10.1 Å². The van der Waals surface area contributed by atoms with Crippen LogP contribution in [0.2, 0.25) is 0 Å². The van der Waals surface area contributed by atoms with Crippen molar-refractivity contribution in [2.45, 2.75) is 38.8 Å². The van der Waals surface area contributed by atoms with Crippen molar-refractivity contribution in [1.29, 1.82) is 0 Å². The zero-order valence-corrected chi connectivity index (χ0v) is 12.6. The molecule has 3 nitrogen and oxygen atoms in total. The third-order valence-corrected chi connectivity index (χ3v) is 4.14. The topological polar surface area (TPSA) is 26.7 Å². The molecule has 112 valence electrons. The van der Waals surface area contributed by atoms with Crippen LogP contribution in [0.1, 0.15) is 38.4 Å². The highest BCUT2D eigenvalue weighted by Crippen LogP contribution is 2.27. The van der Waals surface area contributed by atoms with Gasteiger partial charge in [0, 0.05) is 19.1 Å². The summed E-state index contributed by atoms with van der Waals surface area (Å²) < 4.78 is 14.4. The Bertz CT molecular complexity index is 450. The predicted octanol–water partition coefficient (Wildman–Crippen LogP) is 2.80. The Morgan fingerprint density at radius 3 is 2.75 bits per heavy atom. The molecule has 1 aromatic carbocycles. The van der Waals surface area contributed by atoms with Gasteiger partial charge in [0.2, 0.25) is 0 Å². The van der Waals surface area contributed by atoms with Crippen LogP contribution in [0.3, 0.4) is 0 Å². The number of anilines is 1. The number of likely N-dealkylation sites (N-methyl/N-ethyl adjacent to an activating group) is 1. The van der Waals surface area contributed by atoms with Crippen LogP contribution in [0, 0.1) is 5.82 Å². The molecule has 1 N–H and O–H groups in total. The van der Waals surface area contributed by atoms with Gasteiger partial charge in [0.1, 0.15) is 5.82 Å². The number of aliphatic hydroxyl groups excluding tert-OH is 1. The SMILES string of the molecule is CCC1CN(C)CCCN1c1ccc(C(C)O)cc1F. The molecule has 1 heterocycles. The smallest absolute Gasteiger partial charge is 0.146 e. The van der Waals surface area contributed by atoms with Gasteiger partial charge >= 0.3 is 0 Å². The van der Waals surface area contributed by atoms with Crippen LogP contribution in [0.15, 0.2) is 18.2 Å². The molecule has 2 atom stereocenters. The summed E-state index contributed by atoms with van der Waals surface area (Å²) in [5, 5.41) is 9.54. The van der Waals surface area contributed by atoms with Gasteiger partial charge in [-0.3, -0.25) is 0 Å². The van der Waals surface area contributed by atoms with Gasteiger partial charge in [-0.05, 0) is 51.1 Å². The summed E-state index contributed by atoms with van der Waals surface area (Å²) in [6, 6.07) is 5.44. The average molecular weight is 280 g/mol. The first-order chi connectivity index (χ1) is 9.52. The molecular formula is C16H25FN2O. The number of nitrogens with zero attached hydrogens (tertiary/aromatic N) is 2. The van der Waals surface area contributed by atoms with E-state index in [1.54, 1.807) is 6.92 Å². The van der Waals surface area contributed by atoms with Crippen LogP contribution in [-0.4, -0.2) is 42.7 Å². The number of hydrogen-bond donors (Lipinski definition) is 1. The molecule has 1 fully saturated rings. The molecule has 0 aliphatic carbocycles. The first-order valence-electron chi connectivity index (χ1n) is 7.45. The lowest BCUT2D eigenvalue weighted by Crippen LogP contribution is -2.40. The zero-order chi connectivity index (χ0) is 14.7. The highest BCUT2D eigenvalue weighted by Gasteiger charge is 2.24. The van der Waals surface area contributed by atoms with Crippen molar-refractivity contribution in [1.82, 2.24) is 4.90 Å². The summed E-state index contributed by atoms with van der Waals surface area (Å²) in [6.07, 6.45) is 1.42. The Kier molecular flexibility index (Phi) is 5.00. The first-order valence-corrected chi connectivity index (χ1v) is 7.45. The van der Waals surface area contributed by atoms with E-state index >= 15 is 0 Å². The summed E-state index contributed by atoms with van der Waals surface area (Å²) in [5.74, 6) is -0.230. The van der Waals surface area contributed by atoms with E-state index in [0.717, 1.165) is 32.5 Å². The summed E-state index contributed by atoms with van der Waals surface area (Å²) in [6.45, 7) is 6.71. The van der Waals surface area contributed by atoms with Gasteiger partial charge in [-0.25, -0.2) is 4.39 Å². The van der Waals surface area contributed by atoms with Gasteiger partial charge in [-0.15, -0.1) is 0 Å². The Labute approximate surface area is 121 Å². The van der Waals surface area contributed by atoms with Crippen molar-refractivity contribution in [2.75, 3.05) is 31.6 Å². The van der Waals surface area contributed by atoms with E-state index in [2.05, 4.69) is 23.8 Å². The lowest BCUT2D eigenvalue weighted by Gasteiger charge is -2.32. The van der Waals surface area contributed by atoms with Crippen molar-refractivity contribution in [3.63, 3.8) is 0 Å². The lowest BCUT2D eigenvalue weighted by molar-refractivity contribution is 0.199. The van der Waals surface area contributed by atoms with E-state index in [1.165, 1.54) is 6.07 Å². The van der Waals surface area contributed by atoms with E-state index in [9.17, 15) is 9.50 Å². The maximum Gasteiger partial charge on any atom is 0.146 e. The lowest BCUT2D eigenvalue weighted by atomic mass is 10.1. The molecule has 1 saturated heterocycles. The molecule has 0 amide bonds. The van der Waals surface area contributed by atoms with Crippen molar-refractivity contribution >= 4 is 5.69 Å². The van der Waals surface area contributed by atoms with Crippen LogP contribution < -0.4 is 4.90 Å². The number of rotatable bonds is 3. The van der Waals surface area contributed by atoms with E-state index in [0.29, 0.717) is 17.3 Å². The predicted molar refractivity (Wildman–Crippen MR) is 80.6 cm³/mol. The Hall–Kier alpha value is -1.13. The molecule has 4 heteroatoms. The normalized spacial score (nSPS) is 22.6. The minimum atomic E-state index is -0.629. The number of aliphatic hydroxyl groups is 1. The fourth-order valence-corrected chi connectivity index (χ4v) is 2.93. The molecule has 20 heavy (non-hydrogen) atoms. The third-order valence-electron chi connectivity index (χ3n) is 4.14. The molecular weight excluding hydrogens is 255 g/mol. The summed E-state index contributed by atoms with van der Waals surface area (Å²) >= 11 is 0. The fourth-order valence-electron chi connectivity index (χ4n) is 2.93. The molecule has 0 saturated carbocycles. The standard InChI is InChI=1S/C16H25FN2O/c1-4-14-11-18(3)8-5-9-19(14)16-7-6-13(12(2)20)10-15(16)17/h6-7,10,12,14,20H,4-5,8-9,11H2,1-3H3. The monoisotopic (exact) mass is 280 g/mol. The molecule has 2 unspecified atom stereocenters. The molecule has 0 radical (unpaired) electrons. The largest absolute Gasteiger partial charge is 0.389 e. The van der Waals surface area contributed by atoms with Gasteiger partial charge in [-0.2, -0.15) is 0 Å². The minimum absolute atomic E-state index is 0.230. The van der Waals surface area contributed by atoms with Crippen molar-refractivity contribution in [2.24, 2.45) is 0 Å². The summed E-state index contributed by atoms with van der Waals surface area (Å²) in [4.78, 5) is 4.50. The second kappa shape index (κ2) is 6.55. The van der Waals surface area contributed by atoms with Gasteiger partial charge in [0.25, 0.3) is 0 Å². The third kappa shape index (κ3) is 3.30. The van der Waals surface area contributed by atoms with Gasteiger partial charge in [-0.1, -0.05) is 13.0 Å². The quantitative estimate of drug-likeness (QED) is 0.922. The van der Waals surface area contributed by atoms with Crippen LogP contribution in [0.5, 0.6) is 0 Å². The number of hydrogen-bond acceptors (Lipinski definition) is 3. The van der Waals surface area contributed by atoms with Crippen molar-refractivity contribution in [3.05, 3.63) is 29.6 Å². The van der Waals surface area contributed by atoms with E-state index in [4.69, 9.17) is 0 Å². The molecule has 0 aromatic heterocycles. The van der Waals surface area contributed by atoms with Crippen molar-refractivity contribution in [3.8, 4) is 0 Å². The van der Waals surface area contributed by atoms with Crippen molar-refractivity contribution < 1.29 is 9.50 Å². The Morgan fingerprint density at radius 1 is 1.40 bits per heavy atom. The maximum atomic E-state index is 14.4. The highest BCUT2D eigenvalue weighted by molar-refractivity contribution is 5.50. The zero-order valence-electron chi connectivity index (χ0n) is 12.6. The van der Waals surface area contributed by atoms with E-state index in [-0.39, 0.29) is 5.82 Å². The second-order valence-electron chi connectivity index (χ2n) is 5.76. The fraction of sp³-hybridized carbons (Fsp3) is 0.625. The number of halogens is 1. The van der Waals surface area contributed by atoms with Gasteiger partial charge < -0.3 is 14.9 Å². The summed E-state index contributed by atoms with van der Waals surface area (Å²) in [7, 11) is 2.12. The van der Waals surface area contributed by atoms with Crippen LogP contribution in [0.25, 0.3) is 0 Å². The average Bonchev–Trinajstić information content (AvgIpc) is 2.60. The van der Waals surface area contributed by atoms with E-state index < -0.39 is 6.10 Å². The maximum absolute atomic E-state index is 14.4. The molecule has 1 aliphatic heterocycles. The highest BCUT2D eigenvalue weighted by atomic mass is 19.1. The Balaban J connectivity index is 2.28. The first kappa shape index (κ1) is 15.3. The summed E-state index contributed by atoms with van der Waals surface area (Å²) in [5.41, 5.74) is 1.29. The molecule has 0 spiro atoms. The van der Waals surface area contributed by atoms with E-state index in [1.807, 2.05) is 12.1 Å². The van der Waals surface area contributed by atoms with Crippen LogP contribution in [-0.2, 0) is 0 Å². The molecule has 1 aliphatic rings. The molecule has 0 bridgehead atoms. The van der Waals surface area contributed by atoms with Gasteiger partial charge in [0.15, 0.2) is 0 Å². The second-order valence-corrected chi connectivity index (χ2v) is 5.76. The minimum Gasteiger partial charge on any atom is -0.389 e. The van der Waals surface area contributed by atoms with Gasteiger partial charge in [0.05, 0.1) is 11.8 Å².